The van der Waals surface area contributed by atoms with Crippen LogP contribution in [0.2, 0.25) is 0 Å². The van der Waals surface area contributed by atoms with Gasteiger partial charge in [-0.05, 0) is 117 Å². The molecule has 0 unspecified atom stereocenters. The molecule has 0 saturated carbocycles. The Morgan fingerprint density at radius 1 is 0.397 bits per heavy atom. The highest BCUT2D eigenvalue weighted by Crippen LogP contribution is 2.53. The van der Waals surface area contributed by atoms with Crippen LogP contribution in [-0.2, 0) is 5.41 Å². The van der Waals surface area contributed by atoms with E-state index in [-0.39, 0.29) is 5.41 Å². The van der Waals surface area contributed by atoms with Crippen LogP contribution in [0, 0.1) is 0 Å². The predicted molar refractivity (Wildman–Crippen MR) is 244 cm³/mol. The van der Waals surface area contributed by atoms with E-state index in [2.05, 4.69) is 218 Å². The molecule has 58 heavy (non-hydrogen) atoms. The first-order chi connectivity index (χ1) is 28.5. The maximum absolute atomic E-state index is 6.51. The molecule has 9 aromatic carbocycles. The highest BCUT2D eigenvalue weighted by molar-refractivity contribution is 6.10. The van der Waals surface area contributed by atoms with Crippen LogP contribution in [0.3, 0.4) is 0 Å². The van der Waals surface area contributed by atoms with Crippen molar-refractivity contribution in [1.82, 2.24) is 0 Å². The molecule has 0 saturated heterocycles. The number of para-hydroxylation sites is 4. The molecular formula is C55H40N2O. The van der Waals surface area contributed by atoms with E-state index in [1.54, 1.807) is 0 Å². The highest BCUT2D eigenvalue weighted by Gasteiger charge is 2.37. The summed E-state index contributed by atoms with van der Waals surface area (Å²) in [5.74, 6) is 0. The molecule has 0 aliphatic heterocycles. The quantitative estimate of drug-likeness (QED) is 0.162. The lowest BCUT2D eigenvalue weighted by atomic mass is 9.82. The van der Waals surface area contributed by atoms with E-state index in [1.165, 1.54) is 33.0 Å². The van der Waals surface area contributed by atoms with Gasteiger partial charge >= 0.3 is 0 Å². The van der Waals surface area contributed by atoms with Crippen LogP contribution in [0.1, 0.15) is 25.0 Å². The van der Waals surface area contributed by atoms with Crippen LogP contribution in [0.5, 0.6) is 0 Å². The van der Waals surface area contributed by atoms with Gasteiger partial charge in [-0.2, -0.15) is 0 Å². The fourth-order valence-corrected chi connectivity index (χ4v) is 9.18. The summed E-state index contributed by atoms with van der Waals surface area (Å²) in [5.41, 5.74) is 15.9. The molecule has 0 radical (unpaired) electrons. The summed E-state index contributed by atoms with van der Waals surface area (Å²) >= 11 is 0. The number of fused-ring (bicyclic) bond motifs is 8. The molecule has 0 N–H and O–H groups in total. The summed E-state index contributed by atoms with van der Waals surface area (Å²) in [6, 6.07) is 74.1. The van der Waals surface area contributed by atoms with Gasteiger partial charge in [0.25, 0.3) is 0 Å². The second-order valence-corrected chi connectivity index (χ2v) is 15.8. The average Bonchev–Trinajstić information content (AvgIpc) is 3.77. The summed E-state index contributed by atoms with van der Waals surface area (Å²) in [6.07, 6.45) is 0. The largest absolute Gasteiger partial charge is 0.454 e. The summed E-state index contributed by atoms with van der Waals surface area (Å²) in [6.45, 7) is 4.73. The third-order valence-corrected chi connectivity index (χ3v) is 12.0. The zero-order valence-electron chi connectivity index (χ0n) is 32.4. The fraction of sp³-hybridized carbons (Fsp3) is 0.0545. The van der Waals surface area contributed by atoms with E-state index < -0.39 is 0 Å². The van der Waals surface area contributed by atoms with Crippen molar-refractivity contribution in [2.45, 2.75) is 19.3 Å². The van der Waals surface area contributed by atoms with Gasteiger partial charge in [-0.25, -0.2) is 0 Å². The molecule has 0 bridgehead atoms. The number of hydrogen-bond acceptors (Lipinski definition) is 3. The Kier molecular flexibility index (Phi) is 7.84. The average molecular weight is 745 g/mol. The normalized spacial score (nSPS) is 12.8. The Bertz CT molecular complexity index is 3130. The van der Waals surface area contributed by atoms with Crippen molar-refractivity contribution < 1.29 is 4.42 Å². The molecule has 1 aromatic heterocycles. The molecule has 3 nitrogen and oxygen atoms in total. The molecule has 11 rings (SSSR count). The van der Waals surface area contributed by atoms with Gasteiger partial charge in [-0.15, -0.1) is 0 Å². The maximum atomic E-state index is 6.51. The van der Waals surface area contributed by atoms with Crippen LogP contribution >= 0.6 is 0 Å². The summed E-state index contributed by atoms with van der Waals surface area (Å²) in [4.78, 5) is 4.66. The van der Waals surface area contributed by atoms with Crippen molar-refractivity contribution in [3.63, 3.8) is 0 Å². The van der Waals surface area contributed by atoms with Gasteiger partial charge in [0, 0.05) is 44.6 Å². The Labute approximate surface area is 338 Å². The van der Waals surface area contributed by atoms with Crippen molar-refractivity contribution in [2.24, 2.45) is 0 Å². The molecule has 1 aliphatic carbocycles. The second-order valence-electron chi connectivity index (χ2n) is 15.8. The molecule has 0 amide bonds. The number of furan rings is 1. The SMILES string of the molecule is CC1(C)c2cc(N(c3ccccc3)c3ccc(-c4ccc(N(c5ccccc5)c5cccc6c5oc5ccccc56)cc4)cc3)ccc2-c2c1ccc1ccccc21. The monoisotopic (exact) mass is 744 g/mol. The number of benzene rings is 9. The molecule has 0 fully saturated rings. The Morgan fingerprint density at radius 3 is 1.66 bits per heavy atom. The minimum atomic E-state index is -0.127. The van der Waals surface area contributed by atoms with E-state index in [1.807, 2.05) is 12.1 Å². The van der Waals surface area contributed by atoms with Crippen LogP contribution in [0.4, 0.5) is 34.1 Å². The molecule has 10 aromatic rings. The summed E-state index contributed by atoms with van der Waals surface area (Å²) < 4.78 is 6.51. The lowest BCUT2D eigenvalue weighted by Crippen LogP contribution is -2.16. The van der Waals surface area contributed by atoms with Gasteiger partial charge in [-0.3, -0.25) is 0 Å². The van der Waals surface area contributed by atoms with Crippen LogP contribution in [0.15, 0.2) is 211 Å². The van der Waals surface area contributed by atoms with Crippen molar-refractivity contribution in [3.05, 3.63) is 217 Å². The Hall–Kier alpha value is -7.36. The Morgan fingerprint density at radius 2 is 0.948 bits per heavy atom. The van der Waals surface area contributed by atoms with Crippen molar-refractivity contribution in [1.29, 1.82) is 0 Å². The van der Waals surface area contributed by atoms with Crippen LogP contribution in [0.25, 0.3) is 55.0 Å². The maximum Gasteiger partial charge on any atom is 0.159 e. The molecule has 1 heterocycles. The van der Waals surface area contributed by atoms with E-state index in [0.29, 0.717) is 0 Å². The van der Waals surface area contributed by atoms with Crippen LogP contribution in [-0.4, -0.2) is 0 Å². The minimum absolute atomic E-state index is 0.127. The molecule has 0 atom stereocenters. The number of rotatable bonds is 7. The van der Waals surface area contributed by atoms with Gasteiger partial charge in [0.05, 0.1) is 5.69 Å². The van der Waals surface area contributed by atoms with Crippen LogP contribution < -0.4 is 9.80 Å². The first-order valence-corrected chi connectivity index (χ1v) is 20.0. The van der Waals surface area contributed by atoms with Gasteiger partial charge < -0.3 is 14.2 Å². The van der Waals surface area contributed by atoms with E-state index in [0.717, 1.165) is 67.2 Å². The van der Waals surface area contributed by atoms with Crippen molar-refractivity contribution >= 4 is 66.8 Å². The second kappa shape index (κ2) is 13.4. The summed E-state index contributed by atoms with van der Waals surface area (Å²) in [7, 11) is 0. The van der Waals surface area contributed by atoms with Gasteiger partial charge in [-0.1, -0.05) is 147 Å². The zero-order chi connectivity index (χ0) is 38.8. The first-order valence-electron chi connectivity index (χ1n) is 20.0. The summed E-state index contributed by atoms with van der Waals surface area (Å²) in [5, 5.41) is 4.83. The van der Waals surface area contributed by atoms with Crippen molar-refractivity contribution in [3.8, 4) is 22.3 Å². The van der Waals surface area contributed by atoms with Gasteiger partial charge in [0.15, 0.2) is 5.58 Å². The number of nitrogens with zero attached hydrogens (tertiary/aromatic N) is 2. The topological polar surface area (TPSA) is 19.6 Å². The minimum Gasteiger partial charge on any atom is -0.454 e. The molecule has 0 spiro atoms. The highest BCUT2D eigenvalue weighted by atomic mass is 16.3. The van der Waals surface area contributed by atoms with E-state index >= 15 is 0 Å². The molecule has 3 heteroatoms. The smallest absolute Gasteiger partial charge is 0.159 e. The van der Waals surface area contributed by atoms with E-state index in [9.17, 15) is 0 Å². The predicted octanol–water partition coefficient (Wildman–Crippen LogP) is 15.7. The molecular weight excluding hydrogens is 705 g/mol. The number of anilines is 6. The molecule has 1 aliphatic rings. The first kappa shape index (κ1) is 33.9. The van der Waals surface area contributed by atoms with Crippen molar-refractivity contribution in [2.75, 3.05) is 9.80 Å². The van der Waals surface area contributed by atoms with E-state index in [4.69, 9.17) is 4.42 Å². The molecule has 276 valence electrons. The number of hydrogen-bond donors (Lipinski definition) is 0. The Balaban J connectivity index is 0.952. The van der Waals surface area contributed by atoms with Gasteiger partial charge in [0.1, 0.15) is 5.58 Å². The standard InChI is InChI=1S/C55H40N2O/c1-55(2)49-35-28-39-14-9-10-19-45(39)53(49)48-34-33-44(36-50(48)55)56(40-15-5-3-6-16-40)42-29-24-37(25-30-42)38-26-31-43(32-27-38)57(41-17-7-4-8-18-41)51-22-13-21-47-46-20-11-12-23-52(46)58-54(47)51/h3-36H,1-2H3. The van der Waals surface area contributed by atoms with Gasteiger partial charge in [0.2, 0.25) is 0 Å². The third-order valence-electron chi connectivity index (χ3n) is 12.0. The lowest BCUT2D eigenvalue weighted by molar-refractivity contribution is 0.661. The third kappa shape index (κ3) is 5.43. The zero-order valence-corrected chi connectivity index (χ0v) is 32.4. The lowest BCUT2D eigenvalue weighted by Gasteiger charge is -2.28. The fourth-order valence-electron chi connectivity index (χ4n) is 9.18.